The summed E-state index contributed by atoms with van der Waals surface area (Å²) in [6, 6.07) is 7.07. The number of ketones is 1. The first kappa shape index (κ1) is 18.7. The van der Waals surface area contributed by atoms with E-state index < -0.39 is 41.4 Å². The number of hydrogen-bond donors (Lipinski definition) is 1. The summed E-state index contributed by atoms with van der Waals surface area (Å²) in [4.78, 5) is 38.4. The predicted molar refractivity (Wildman–Crippen MR) is 94.2 cm³/mol. The van der Waals surface area contributed by atoms with Crippen LogP contribution in [0.4, 0.5) is 13.6 Å². The lowest BCUT2D eigenvalue weighted by Gasteiger charge is -2.22. The SMILES string of the molecule is Cc1ccc(C(=O)CN2C(=O)N[C@@](C)(c3cc(F)ccc3F)C2=O)c(C)c1. The Balaban J connectivity index is 1.90. The van der Waals surface area contributed by atoms with Gasteiger partial charge in [0.15, 0.2) is 5.78 Å². The molecular weight excluding hydrogens is 354 g/mol. The molecule has 1 aliphatic heterocycles. The van der Waals surface area contributed by atoms with Crippen LogP contribution in [0, 0.1) is 25.5 Å². The first-order valence-electron chi connectivity index (χ1n) is 8.33. The summed E-state index contributed by atoms with van der Waals surface area (Å²) < 4.78 is 27.7. The fraction of sp³-hybridized carbons (Fsp3) is 0.250. The van der Waals surface area contributed by atoms with Crippen LogP contribution in [0.2, 0.25) is 0 Å². The minimum atomic E-state index is -1.79. The monoisotopic (exact) mass is 372 g/mol. The molecule has 27 heavy (non-hydrogen) atoms. The largest absolute Gasteiger partial charge is 0.325 e. The number of halogens is 2. The molecule has 1 N–H and O–H groups in total. The Hall–Kier alpha value is -3.09. The maximum absolute atomic E-state index is 14.2. The number of nitrogens with one attached hydrogen (secondary N) is 1. The van der Waals surface area contributed by atoms with Gasteiger partial charge in [0.2, 0.25) is 0 Å². The molecule has 0 bridgehead atoms. The van der Waals surface area contributed by atoms with Crippen molar-refractivity contribution in [2.75, 3.05) is 6.54 Å². The summed E-state index contributed by atoms with van der Waals surface area (Å²) in [7, 11) is 0. The number of rotatable bonds is 4. The number of aryl methyl sites for hydroxylation is 2. The maximum atomic E-state index is 14.2. The van der Waals surface area contributed by atoms with E-state index in [-0.39, 0.29) is 5.56 Å². The van der Waals surface area contributed by atoms with Gasteiger partial charge < -0.3 is 5.32 Å². The number of imide groups is 1. The molecule has 0 spiro atoms. The van der Waals surface area contributed by atoms with Crippen molar-refractivity contribution < 1.29 is 23.2 Å². The third-order valence-corrected chi connectivity index (χ3v) is 4.73. The molecule has 0 aromatic heterocycles. The minimum absolute atomic E-state index is 0.290. The first-order chi connectivity index (χ1) is 12.6. The van der Waals surface area contributed by atoms with Crippen LogP contribution >= 0.6 is 0 Å². The lowest BCUT2D eigenvalue weighted by atomic mass is 9.91. The summed E-state index contributed by atoms with van der Waals surface area (Å²) in [5.74, 6) is -2.79. The Morgan fingerprint density at radius 2 is 1.81 bits per heavy atom. The van der Waals surface area contributed by atoms with Gasteiger partial charge in [-0.3, -0.25) is 14.5 Å². The number of Topliss-reactive ketones (excluding diaryl/α,β-unsaturated/α-hetero) is 1. The molecule has 0 unspecified atom stereocenters. The minimum Gasteiger partial charge on any atom is -0.319 e. The van der Waals surface area contributed by atoms with E-state index in [0.29, 0.717) is 5.56 Å². The van der Waals surface area contributed by atoms with E-state index in [1.54, 1.807) is 19.1 Å². The third-order valence-electron chi connectivity index (χ3n) is 4.73. The van der Waals surface area contributed by atoms with Crippen molar-refractivity contribution in [1.29, 1.82) is 0 Å². The summed E-state index contributed by atoms with van der Waals surface area (Å²) in [6.07, 6.45) is 0. The molecule has 1 aliphatic rings. The van der Waals surface area contributed by atoms with Crippen LogP contribution in [-0.2, 0) is 10.3 Å². The van der Waals surface area contributed by atoms with Crippen LogP contribution in [0.15, 0.2) is 36.4 Å². The average molecular weight is 372 g/mol. The van der Waals surface area contributed by atoms with Crippen molar-refractivity contribution in [1.82, 2.24) is 10.2 Å². The van der Waals surface area contributed by atoms with Gasteiger partial charge in [-0.2, -0.15) is 0 Å². The smallest absolute Gasteiger partial charge is 0.319 e. The van der Waals surface area contributed by atoms with E-state index in [1.165, 1.54) is 6.92 Å². The summed E-state index contributed by atoms with van der Waals surface area (Å²) in [5.41, 5.74) is 0.0273. The highest BCUT2D eigenvalue weighted by molar-refractivity contribution is 6.11. The second-order valence-corrected chi connectivity index (χ2v) is 6.81. The number of urea groups is 1. The summed E-state index contributed by atoms with van der Waals surface area (Å²) >= 11 is 0. The molecule has 140 valence electrons. The highest BCUT2D eigenvalue weighted by Gasteiger charge is 2.50. The fourth-order valence-corrected chi connectivity index (χ4v) is 3.26. The maximum Gasteiger partial charge on any atom is 0.325 e. The van der Waals surface area contributed by atoms with E-state index >= 15 is 0 Å². The van der Waals surface area contributed by atoms with Gasteiger partial charge >= 0.3 is 6.03 Å². The van der Waals surface area contributed by atoms with Crippen molar-refractivity contribution in [2.45, 2.75) is 26.3 Å². The average Bonchev–Trinajstić information content (AvgIpc) is 2.81. The molecule has 2 aromatic carbocycles. The van der Waals surface area contributed by atoms with Crippen molar-refractivity contribution in [3.63, 3.8) is 0 Å². The molecule has 1 atom stereocenters. The number of hydrogen-bond acceptors (Lipinski definition) is 3. The molecule has 3 rings (SSSR count). The Morgan fingerprint density at radius 3 is 2.48 bits per heavy atom. The van der Waals surface area contributed by atoms with Crippen LogP contribution in [0.3, 0.4) is 0 Å². The van der Waals surface area contributed by atoms with Crippen molar-refractivity contribution in [3.05, 3.63) is 70.3 Å². The van der Waals surface area contributed by atoms with Gasteiger partial charge in [-0.1, -0.05) is 23.8 Å². The third kappa shape index (κ3) is 3.20. The predicted octanol–water partition coefficient (Wildman–Crippen LogP) is 3.23. The van der Waals surface area contributed by atoms with Gasteiger partial charge in [-0.25, -0.2) is 13.6 Å². The van der Waals surface area contributed by atoms with Gasteiger partial charge in [0, 0.05) is 11.1 Å². The molecule has 2 aromatic rings. The molecule has 0 aliphatic carbocycles. The molecular formula is C20H18F2N2O3. The zero-order valence-corrected chi connectivity index (χ0v) is 15.1. The summed E-state index contributed by atoms with van der Waals surface area (Å²) in [6.45, 7) is 4.45. The van der Waals surface area contributed by atoms with E-state index in [9.17, 15) is 23.2 Å². The van der Waals surface area contributed by atoms with E-state index in [4.69, 9.17) is 0 Å². The van der Waals surface area contributed by atoms with Gasteiger partial charge in [0.1, 0.15) is 17.2 Å². The van der Waals surface area contributed by atoms with Crippen molar-refractivity contribution in [2.24, 2.45) is 0 Å². The van der Waals surface area contributed by atoms with Crippen LogP contribution in [0.25, 0.3) is 0 Å². The molecule has 1 fully saturated rings. The zero-order valence-electron chi connectivity index (χ0n) is 15.1. The molecule has 7 heteroatoms. The van der Waals surface area contributed by atoms with E-state index in [0.717, 1.165) is 34.2 Å². The Labute approximate surface area is 155 Å². The number of nitrogens with zero attached hydrogens (tertiary/aromatic N) is 1. The zero-order chi connectivity index (χ0) is 19.9. The fourth-order valence-electron chi connectivity index (χ4n) is 3.26. The molecule has 0 saturated carbocycles. The van der Waals surface area contributed by atoms with Gasteiger partial charge in [0.05, 0.1) is 6.54 Å². The second kappa shape index (κ2) is 6.57. The van der Waals surface area contributed by atoms with Crippen LogP contribution in [0.5, 0.6) is 0 Å². The Kier molecular flexibility index (Phi) is 4.55. The van der Waals surface area contributed by atoms with Crippen LogP contribution in [0.1, 0.15) is 34.0 Å². The number of amides is 3. The molecule has 1 heterocycles. The number of benzene rings is 2. The van der Waals surface area contributed by atoms with Crippen molar-refractivity contribution >= 4 is 17.7 Å². The highest BCUT2D eigenvalue weighted by atomic mass is 19.1. The highest BCUT2D eigenvalue weighted by Crippen LogP contribution is 2.31. The normalized spacial score (nSPS) is 19.4. The quantitative estimate of drug-likeness (QED) is 0.662. The van der Waals surface area contributed by atoms with Crippen LogP contribution in [-0.4, -0.2) is 29.2 Å². The Bertz CT molecular complexity index is 974. The van der Waals surface area contributed by atoms with Gasteiger partial charge in [-0.05, 0) is 44.5 Å². The first-order valence-corrected chi connectivity index (χ1v) is 8.33. The molecule has 1 saturated heterocycles. The van der Waals surface area contributed by atoms with Crippen molar-refractivity contribution in [3.8, 4) is 0 Å². The topological polar surface area (TPSA) is 66.5 Å². The van der Waals surface area contributed by atoms with Gasteiger partial charge in [0.25, 0.3) is 5.91 Å². The van der Waals surface area contributed by atoms with E-state index in [2.05, 4.69) is 5.32 Å². The number of carbonyl (C=O) groups excluding carboxylic acids is 3. The Morgan fingerprint density at radius 1 is 1.11 bits per heavy atom. The number of carbonyl (C=O) groups is 3. The summed E-state index contributed by atoms with van der Waals surface area (Å²) in [5, 5.41) is 2.37. The van der Waals surface area contributed by atoms with E-state index in [1.807, 2.05) is 13.0 Å². The van der Waals surface area contributed by atoms with Gasteiger partial charge in [-0.15, -0.1) is 0 Å². The van der Waals surface area contributed by atoms with Crippen LogP contribution < -0.4 is 5.32 Å². The second-order valence-electron chi connectivity index (χ2n) is 6.81. The lowest BCUT2D eigenvalue weighted by Crippen LogP contribution is -2.42. The molecule has 3 amide bonds. The molecule has 5 nitrogen and oxygen atoms in total. The molecule has 0 radical (unpaired) electrons. The lowest BCUT2D eigenvalue weighted by molar-refractivity contribution is -0.130. The standard InChI is InChI=1S/C20H18F2N2O3/c1-11-4-6-14(12(2)8-11)17(25)10-24-18(26)20(3,23-19(24)27)15-9-13(21)5-7-16(15)22/h4-9H,10H2,1-3H3,(H,23,27)/t20-/m0/s1.